The van der Waals surface area contributed by atoms with Crippen LogP contribution in [0.3, 0.4) is 0 Å². The normalized spacial score (nSPS) is 23.1. The largest absolute Gasteiger partial charge is 0.480 e. The number of halogens is 1. The van der Waals surface area contributed by atoms with Gasteiger partial charge in [-0.25, -0.2) is 0 Å². The van der Waals surface area contributed by atoms with Crippen molar-refractivity contribution in [2.45, 2.75) is 52.1 Å². The maximum atomic E-state index is 10.7. The fourth-order valence-corrected chi connectivity index (χ4v) is 2.64. The second-order valence-corrected chi connectivity index (χ2v) is 5.34. The second-order valence-electron chi connectivity index (χ2n) is 5.34. The quantitative estimate of drug-likeness (QED) is 0.748. The zero-order valence-electron chi connectivity index (χ0n) is 12.1. The van der Waals surface area contributed by atoms with Crippen molar-refractivity contribution in [2.75, 3.05) is 26.2 Å². The van der Waals surface area contributed by atoms with Crippen molar-refractivity contribution in [3.63, 3.8) is 0 Å². The lowest BCUT2D eigenvalue weighted by atomic mass is 9.88. The minimum atomic E-state index is -0.755. The van der Waals surface area contributed by atoms with Crippen LogP contribution in [0, 0.1) is 5.92 Å². The summed E-state index contributed by atoms with van der Waals surface area (Å²) in [5.41, 5.74) is 0. The van der Waals surface area contributed by atoms with Gasteiger partial charge in [0.05, 0.1) is 19.3 Å². The van der Waals surface area contributed by atoms with Crippen LogP contribution in [0.4, 0.5) is 0 Å². The Kier molecular flexibility index (Phi) is 10.3. The molecule has 0 bridgehead atoms. The Morgan fingerprint density at radius 1 is 1.32 bits per heavy atom. The highest BCUT2D eigenvalue weighted by Crippen LogP contribution is 2.26. The molecule has 19 heavy (non-hydrogen) atoms. The van der Waals surface area contributed by atoms with Gasteiger partial charge in [-0.3, -0.25) is 9.69 Å². The Morgan fingerprint density at radius 3 is 2.58 bits per heavy atom. The molecule has 114 valence electrons. The van der Waals surface area contributed by atoms with E-state index < -0.39 is 5.97 Å². The van der Waals surface area contributed by atoms with Crippen LogP contribution in [0.5, 0.6) is 0 Å². The summed E-state index contributed by atoms with van der Waals surface area (Å²) in [5.74, 6) is -0.104. The summed E-state index contributed by atoms with van der Waals surface area (Å²) in [6, 6.07) is 0. The van der Waals surface area contributed by atoms with Gasteiger partial charge in [0.15, 0.2) is 0 Å². The van der Waals surface area contributed by atoms with Crippen LogP contribution < -0.4 is 0 Å². The van der Waals surface area contributed by atoms with Crippen LogP contribution >= 0.6 is 12.4 Å². The lowest BCUT2D eigenvalue weighted by Crippen LogP contribution is -2.35. The predicted octanol–water partition coefficient (Wildman–Crippen LogP) is 2.80. The van der Waals surface area contributed by atoms with Crippen molar-refractivity contribution in [3.8, 4) is 0 Å². The number of nitrogens with zero attached hydrogens (tertiary/aromatic N) is 1. The Bertz CT molecular complexity index is 251. The molecule has 2 atom stereocenters. The third kappa shape index (κ3) is 7.75. The Labute approximate surface area is 122 Å². The van der Waals surface area contributed by atoms with E-state index in [4.69, 9.17) is 9.84 Å². The fourth-order valence-electron chi connectivity index (χ4n) is 2.64. The van der Waals surface area contributed by atoms with Crippen LogP contribution in [0.15, 0.2) is 0 Å². The second kappa shape index (κ2) is 10.5. The van der Waals surface area contributed by atoms with E-state index in [1.54, 1.807) is 0 Å². The Hall–Kier alpha value is -0.320. The highest BCUT2D eigenvalue weighted by atomic mass is 35.5. The van der Waals surface area contributed by atoms with Gasteiger partial charge in [-0.2, -0.15) is 0 Å². The molecule has 5 heteroatoms. The monoisotopic (exact) mass is 293 g/mol. The van der Waals surface area contributed by atoms with Crippen molar-refractivity contribution >= 4 is 18.4 Å². The summed E-state index contributed by atoms with van der Waals surface area (Å²) >= 11 is 0. The first-order chi connectivity index (χ1) is 8.63. The predicted molar refractivity (Wildman–Crippen MR) is 79.0 cm³/mol. The maximum absolute atomic E-state index is 10.7. The minimum Gasteiger partial charge on any atom is -0.480 e. The van der Waals surface area contributed by atoms with E-state index in [1.807, 2.05) is 4.90 Å². The van der Waals surface area contributed by atoms with Crippen LogP contribution in [0.25, 0.3) is 0 Å². The topological polar surface area (TPSA) is 49.8 Å². The summed E-state index contributed by atoms with van der Waals surface area (Å²) < 4.78 is 5.92. The molecular formula is C14H28ClNO3. The van der Waals surface area contributed by atoms with E-state index >= 15 is 0 Å². The van der Waals surface area contributed by atoms with Crippen molar-refractivity contribution in [1.29, 1.82) is 0 Å². The van der Waals surface area contributed by atoms with Crippen molar-refractivity contribution in [2.24, 2.45) is 5.92 Å². The van der Waals surface area contributed by atoms with Gasteiger partial charge < -0.3 is 9.84 Å². The average Bonchev–Trinajstić information content (AvgIpc) is 2.31. The number of rotatable bonds is 8. The van der Waals surface area contributed by atoms with Crippen LogP contribution in [0.1, 0.15) is 46.0 Å². The third-order valence-corrected chi connectivity index (χ3v) is 3.67. The van der Waals surface area contributed by atoms with E-state index in [0.717, 1.165) is 25.9 Å². The molecule has 1 N–H and O–H groups in total. The lowest BCUT2D eigenvalue weighted by molar-refractivity contribution is -0.138. The van der Waals surface area contributed by atoms with Gasteiger partial charge in [0.2, 0.25) is 0 Å². The number of hydrogen-bond acceptors (Lipinski definition) is 3. The van der Waals surface area contributed by atoms with Gasteiger partial charge in [0, 0.05) is 6.54 Å². The first kappa shape index (κ1) is 18.7. The van der Waals surface area contributed by atoms with Gasteiger partial charge in [-0.05, 0) is 31.7 Å². The first-order valence-corrected chi connectivity index (χ1v) is 7.19. The van der Waals surface area contributed by atoms with E-state index in [2.05, 4.69) is 13.8 Å². The van der Waals surface area contributed by atoms with E-state index in [9.17, 15) is 4.79 Å². The third-order valence-electron chi connectivity index (χ3n) is 3.67. The minimum absolute atomic E-state index is 0. The molecule has 1 aliphatic carbocycles. The average molecular weight is 294 g/mol. The summed E-state index contributed by atoms with van der Waals surface area (Å²) in [6.07, 6.45) is 6.37. The zero-order chi connectivity index (χ0) is 13.4. The molecule has 2 unspecified atom stereocenters. The molecule has 0 aromatic rings. The standard InChI is InChI=1S/C14H27NO3.ClH/c1-3-8-15(11-14(16)17)9-10-18-13-7-5-4-6-12(13)2;/h12-13H,3-11H2,1-2H3,(H,16,17);1H. The molecule has 1 aliphatic rings. The molecule has 0 aromatic carbocycles. The van der Waals surface area contributed by atoms with Crippen LogP contribution in [0.2, 0.25) is 0 Å². The van der Waals surface area contributed by atoms with Gasteiger partial charge in [0.1, 0.15) is 0 Å². The van der Waals surface area contributed by atoms with E-state index in [0.29, 0.717) is 18.6 Å². The molecule has 1 saturated carbocycles. The molecule has 0 amide bonds. The van der Waals surface area contributed by atoms with Gasteiger partial charge in [0.25, 0.3) is 0 Å². The van der Waals surface area contributed by atoms with E-state index in [-0.39, 0.29) is 19.0 Å². The van der Waals surface area contributed by atoms with Crippen LogP contribution in [-0.4, -0.2) is 48.3 Å². The fraction of sp³-hybridized carbons (Fsp3) is 0.929. The van der Waals surface area contributed by atoms with Crippen LogP contribution in [-0.2, 0) is 9.53 Å². The number of ether oxygens (including phenoxy) is 1. The summed E-state index contributed by atoms with van der Waals surface area (Å²) in [7, 11) is 0. The first-order valence-electron chi connectivity index (χ1n) is 7.19. The van der Waals surface area contributed by atoms with Crippen molar-refractivity contribution < 1.29 is 14.6 Å². The van der Waals surface area contributed by atoms with Crippen molar-refractivity contribution in [1.82, 2.24) is 4.90 Å². The van der Waals surface area contributed by atoms with Gasteiger partial charge in [-0.1, -0.05) is 26.7 Å². The number of carbonyl (C=O) groups is 1. The molecule has 1 rings (SSSR count). The van der Waals surface area contributed by atoms with Gasteiger partial charge in [-0.15, -0.1) is 12.4 Å². The van der Waals surface area contributed by atoms with Crippen molar-refractivity contribution in [3.05, 3.63) is 0 Å². The summed E-state index contributed by atoms with van der Waals surface area (Å²) in [6.45, 7) is 6.66. The molecule has 1 fully saturated rings. The summed E-state index contributed by atoms with van der Waals surface area (Å²) in [4.78, 5) is 12.7. The molecule has 0 spiro atoms. The molecular weight excluding hydrogens is 266 g/mol. The highest BCUT2D eigenvalue weighted by molar-refractivity contribution is 5.85. The number of aliphatic carboxylic acids is 1. The molecule has 0 heterocycles. The zero-order valence-corrected chi connectivity index (χ0v) is 13.0. The molecule has 4 nitrogen and oxygen atoms in total. The Morgan fingerprint density at radius 2 is 2.00 bits per heavy atom. The van der Waals surface area contributed by atoms with Gasteiger partial charge >= 0.3 is 5.97 Å². The van der Waals surface area contributed by atoms with E-state index in [1.165, 1.54) is 19.3 Å². The molecule has 0 aromatic heterocycles. The molecule has 0 saturated heterocycles. The number of hydrogen-bond donors (Lipinski definition) is 1. The smallest absolute Gasteiger partial charge is 0.317 e. The maximum Gasteiger partial charge on any atom is 0.317 e. The summed E-state index contributed by atoms with van der Waals surface area (Å²) in [5, 5.41) is 8.82. The highest BCUT2D eigenvalue weighted by Gasteiger charge is 2.21. The molecule has 0 aliphatic heterocycles. The Balaban J connectivity index is 0.00000324. The lowest BCUT2D eigenvalue weighted by Gasteiger charge is -2.29. The molecule has 0 radical (unpaired) electrons. The number of carboxylic acids is 1. The number of carboxylic acid groups (broad SMARTS) is 1. The SMILES string of the molecule is CCCN(CCOC1CCCCC1C)CC(=O)O.Cl.